The zero-order valence-electron chi connectivity index (χ0n) is 20.0. The number of aromatic nitrogens is 5. The molecule has 2 fully saturated rings. The Labute approximate surface area is 214 Å². The molecule has 2 amide bonds. The highest BCUT2D eigenvalue weighted by Crippen LogP contribution is 2.38. The fraction of sp³-hybridized carbons (Fsp3) is 0.320. The average molecular weight is 525 g/mol. The van der Waals surface area contributed by atoms with Gasteiger partial charge in [0.05, 0.1) is 0 Å². The molecule has 0 bridgehead atoms. The average Bonchev–Trinajstić information content (AvgIpc) is 3.62. The molecule has 6 rings (SSSR count). The standard InChI is InChI=1S/C25H23F3N8O2/c26-25(27,28)17-11-31-24(32-17)34-23(38)14-3-1-13(2-4-14)19-20-21(29)30-9-10-35(20)22(33-19)15-5-6-16-7-8-18(37)36(16)12-15/h1-4,9-11,15-16H,5-8,12H2,(H2,29,30)(H2,31,32,34,38)/t15-,16+/m1/s1. The van der Waals surface area contributed by atoms with Crippen LogP contribution in [0.25, 0.3) is 16.8 Å². The SMILES string of the molecule is Nc1nccn2c([C@@H]3CC[C@H]4CCC(=O)N4C3)nc(-c3ccc(C(=O)Nc4nc(C(F)(F)F)c[nH]4)cc3)c12. The third kappa shape index (κ3) is 4.13. The minimum absolute atomic E-state index is 0.0382. The van der Waals surface area contributed by atoms with E-state index in [9.17, 15) is 22.8 Å². The van der Waals surface area contributed by atoms with Gasteiger partial charge in [0.15, 0.2) is 5.69 Å². The van der Waals surface area contributed by atoms with Crippen molar-refractivity contribution in [2.75, 3.05) is 17.6 Å². The number of piperidine rings is 1. The number of nitrogens with one attached hydrogen (secondary N) is 2. The predicted octanol–water partition coefficient (Wildman–Crippen LogP) is 3.84. The van der Waals surface area contributed by atoms with Crippen molar-refractivity contribution in [3.63, 3.8) is 0 Å². The van der Waals surface area contributed by atoms with Crippen LogP contribution in [-0.2, 0) is 11.0 Å². The Balaban J connectivity index is 1.28. The molecule has 13 heteroatoms. The molecule has 0 saturated carbocycles. The Morgan fingerprint density at radius 2 is 1.92 bits per heavy atom. The molecular weight excluding hydrogens is 501 g/mol. The normalized spacial score (nSPS) is 19.7. The van der Waals surface area contributed by atoms with Crippen molar-refractivity contribution in [2.24, 2.45) is 0 Å². The first kappa shape index (κ1) is 23.9. The number of fused-ring (bicyclic) bond motifs is 2. The molecule has 0 spiro atoms. The number of nitrogen functional groups attached to an aromatic ring is 1. The fourth-order valence-electron chi connectivity index (χ4n) is 5.34. The first-order chi connectivity index (χ1) is 18.2. The van der Waals surface area contributed by atoms with Gasteiger partial charge in [-0.05, 0) is 31.4 Å². The van der Waals surface area contributed by atoms with E-state index in [1.54, 1.807) is 36.7 Å². The van der Waals surface area contributed by atoms with Crippen molar-refractivity contribution in [3.05, 3.63) is 59.9 Å². The van der Waals surface area contributed by atoms with Gasteiger partial charge >= 0.3 is 6.18 Å². The number of hydrogen-bond acceptors (Lipinski definition) is 6. The number of imidazole rings is 2. The number of benzene rings is 1. The summed E-state index contributed by atoms with van der Waals surface area (Å²) in [6.45, 7) is 0.603. The number of carbonyl (C=O) groups excluding carboxylic acids is 2. The van der Waals surface area contributed by atoms with Crippen LogP contribution in [0.3, 0.4) is 0 Å². The van der Waals surface area contributed by atoms with Crippen LogP contribution in [-0.4, -0.2) is 53.6 Å². The second-order valence-electron chi connectivity index (χ2n) is 9.53. The van der Waals surface area contributed by atoms with Crippen LogP contribution in [0.2, 0.25) is 0 Å². The zero-order valence-corrected chi connectivity index (χ0v) is 20.0. The van der Waals surface area contributed by atoms with E-state index in [1.165, 1.54) is 0 Å². The molecule has 3 aromatic heterocycles. The molecular formula is C25H23F3N8O2. The van der Waals surface area contributed by atoms with Gasteiger partial charge in [-0.3, -0.25) is 19.3 Å². The predicted molar refractivity (Wildman–Crippen MR) is 131 cm³/mol. The summed E-state index contributed by atoms with van der Waals surface area (Å²) in [7, 11) is 0. The van der Waals surface area contributed by atoms with Crippen LogP contribution < -0.4 is 11.1 Å². The topological polar surface area (TPSA) is 134 Å². The van der Waals surface area contributed by atoms with Gasteiger partial charge in [0.25, 0.3) is 5.91 Å². The summed E-state index contributed by atoms with van der Waals surface area (Å²) in [6.07, 6.45) is 2.79. The summed E-state index contributed by atoms with van der Waals surface area (Å²) in [6, 6.07) is 6.78. The van der Waals surface area contributed by atoms with E-state index in [1.807, 2.05) is 9.30 Å². The molecule has 0 unspecified atom stereocenters. The molecule has 0 aliphatic carbocycles. The number of aromatic amines is 1. The highest BCUT2D eigenvalue weighted by molar-refractivity contribution is 6.03. The van der Waals surface area contributed by atoms with Crippen LogP contribution in [0.5, 0.6) is 0 Å². The van der Waals surface area contributed by atoms with Crippen molar-refractivity contribution >= 4 is 29.1 Å². The Kier molecular flexibility index (Phi) is 5.58. The maximum absolute atomic E-state index is 12.8. The molecule has 0 radical (unpaired) electrons. The Hall–Kier alpha value is -4.42. The molecule has 2 saturated heterocycles. The maximum atomic E-state index is 12.8. The Morgan fingerprint density at radius 3 is 2.66 bits per heavy atom. The highest BCUT2D eigenvalue weighted by atomic mass is 19.4. The van der Waals surface area contributed by atoms with Gasteiger partial charge in [-0.1, -0.05) is 12.1 Å². The van der Waals surface area contributed by atoms with Crippen molar-refractivity contribution in [3.8, 4) is 11.3 Å². The van der Waals surface area contributed by atoms with E-state index >= 15 is 0 Å². The first-order valence-electron chi connectivity index (χ1n) is 12.2. The van der Waals surface area contributed by atoms with Crippen LogP contribution >= 0.6 is 0 Å². The maximum Gasteiger partial charge on any atom is 0.434 e. The summed E-state index contributed by atoms with van der Waals surface area (Å²) in [5.74, 6) is 0.385. The molecule has 10 nitrogen and oxygen atoms in total. The number of rotatable bonds is 4. The van der Waals surface area contributed by atoms with E-state index < -0.39 is 17.8 Å². The van der Waals surface area contributed by atoms with Crippen LogP contribution in [0, 0.1) is 0 Å². The molecule has 2 atom stereocenters. The summed E-state index contributed by atoms with van der Waals surface area (Å²) >= 11 is 0. The summed E-state index contributed by atoms with van der Waals surface area (Å²) in [4.78, 5) is 41.7. The van der Waals surface area contributed by atoms with E-state index in [4.69, 9.17) is 10.7 Å². The lowest BCUT2D eigenvalue weighted by molar-refractivity contribution is -0.140. The van der Waals surface area contributed by atoms with Crippen LogP contribution in [0.4, 0.5) is 24.9 Å². The molecule has 4 N–H and O–H groups in total. The second-order valence-corrected chi connectivity index (χ2v) is 9.53. The number of nitrogens with zero attached hydrogens (tertiary/aromatic N) is 5. The van der Waals surface area contributed by atoms with E-state index in [2.05, 4.69) is 20.3 Å². The second kappa shape index (κ2) is 8.85. The first-order valence-corrected chi connectivity index (χ1v) is 12.2. The zero-order chi connectivity index (χ0) is 26.6. The number of H-pyrrole nitrogens is 1. The van der Waals surface area contributed by atoms with Gasteiger partial charge in [-0.15, -0.1) is 0 Å². The summed E-state index contributed by atoms with van der Waals surface area (Å²) < 4.78 is 40.2. The third-order valence-electron chi connectivity index (χ3n) is 7.21. The largest absolute Gasteiger partial charge is 0.434 e. The monoisotopic (exact) mass is 524 g/mol. The number of carbonyl (C=O) groups is 2. The molecule has 38 heavy (non-hydrogen) atoms. The molecule has 196 valence electrons. The van der Waals surface area contributed by atoms with Gasteiger partial charge in [0.2, 0.25) is 11.9 Å². The summed E-state index contributed by atoms with van der Waals surface area (Å²) in [5.41, 5.74) is 7.26. The lowest BCUT2D eigenvalue weighted by Gasteiger charge is -2.34. The van der Waals surface area contributed by atoms with Gasteiger partial charge in [-0.2, -0.15) is 13.2 Å². The third-order valence-corrected chi connectivity index (χ3v) is 7.21. The molecule has 2 aliphatic rings. The van der Waals surface area contributed by atoms with E-state index in [-0.39, 0.29) is 23.3 Å². The molecule has 5 heterocycles. The van der Waals surface area contributed by atoms with Gasteiger partial charge in [-0.25, -0.2) is 15.0 Å². The fourth-order valence-corrected chi connectivity index (χ4v) is 5.34. The van der Waals surface area contributed by atoms with Crippen molar-refractivity contribution in [1.29, 1.82) is 0 Å². The van der Waals surface area contributed by atoms with Gasteiger partial charge in [0, 0.05) is 54.6 Å². The lowest BCUT2D eigenvalue weighted by atomic mass is 9.92. The van der Waals surface area contributed by atoms with Crippen molar-refractivity contribution in [2.45, 2.75) is 43.8 Å². The number of amides is 2. The number of hydrogen-bond donors (Lipinski definition) is 3. The van der Waals surface area contributed by atoms with Crippen molar-refractivity contribution in [1.82, 2.24) is 29.2 Å². The lowest BCUT2D eigenvalue weighted by Crippen LogP contribution is -2.41. The number of nitrogens with two attached hydrogens (primary N) is 1. The van der Waals surface area contributed by atoms with Crippen molar-refractivity contribution < 1.29 is 22.8 Å². The highest BCUT2D eigenvalue weighted by Gasteiger charge is 2.38. The number of halogens is 3. The van der Waals surface area contributed by atoms with Gasteiger partial charge < -0.3 is 15.6 Å². The Morgan fingerprint density at radius 1 is 1.13 bits per heavy atom. The summed E-state index contributed by atoms with van der Waals surface area (Å²) in [5, 5.41) is 2.33. The number of anilines is 2. The quantitative estimate of drug-likeness (QED) is 0.371. The smallest absolute Gasteiger partial charge is 0.382 e. The van der Waals surface area contributed by atoms with E-state index in [0.717, 1.165) is 25.1 Å². The number of alkyl halides is 3. The molecule has 4 aromatic rings. The molecule has 2 aliphatic heterocycles. The Bertz CT molecular complexity index is 1540. The minimum Gasteiger partial charge on any atom is -0.382 e. The van der Waals surface area contributed by atoms with Crippen LogP contribution in [0.15, 0.2) is 42.9 Å². The van der Waals surface area contributed by atoms with Gasteiger partial charge in [0.1, 0.15) is 22.9 Å². The van der Waals surface area contributed by atoms with Crippen LogP contribution in [0.1, 0.15) is 53.5 Å². The minimum atomic E-state index is -4.62. The molecule has 1 aromatic carbocycles. The van der Waals surface area contributed by atoms with E-state index in [0.29, 0.717) is 47.8 Å².